The summed E-state index contributed by atoms with van der Waals surface area (Å²) in [6.07, 6.45) is -1.32. The molecule has 1 aliphatic carbocycles. The van der Waals surface area contributed by atoms with Crippen molar-refractivity contribution in [3.63, 3.8) is 0 Å². The normalized spacial score (nSPS) is 22.8. The quantitative estimate of drug-likeness (QED) is 0.294. The van der Waals surface area contributed by atoms with E-state index in [1.165, 1.54) is 7.11 Å². The van der Waals surface area contributed by atoms with Crippen LogP contribution in [0, 0.1) is 5.82 Å². The Kier molecular flexibility index (Phi) is 5.57. The van der Waals surface area contributed by atoms with E-state index < -0.39 is 34.4 Å². The minimum atomic E-state index is -4.71. The second-order valence-corrected chi connectivity index (χ2v) is 11.3. The van der Waals surface area contributed by atoms with Gasteiger partial charge < -0.3 is 9.64 Å². The number of nitrogens with one attached hydrogen (secondary N) is 1. The van der Waals surface area contributed by atoms with Crippen molar-refractivity contribution in [1.82, 2.24) is 25.0 Å². The third-order valence-electron chi connectivity index (χ3n) is 9.14. The van der Waals surface area contributed by atoms with Crippen LogP contribution in [0.4, 0.5) is 27.8 Å². The Balaban J connectivity index is 1.48. The number of H-pyrrole nitrogens is 1. The molecule has 42 heavy (non-hydrogen) atoms. The van der Waals surface area contributed by atoms with Crippen LogP contribution in [0.25, 0.3) is 11.3 Å². The van der Waals surface area contributed by atoms with Gasteiger partial charge in [-0.05, 0) is 31.9 Å². The Hall–Kier alpha value is -4.06. The van der Waals surface area contributed by atoms with Crippen LogP contribution < -0.4 is 4.90 Å². The molecule has 3 aromatic heterocycles. The maximum absolute atomic E-state index is 17.0. The van der Waals surface area contributed by atoms with Crippen molar-refractivity contribution >= 4 is 11.4 Å². The van der Waals surface area contributed by atoms with Gasteiger partial charge >= 0.3 is 6.18 Å². The lowest BCUT2D eigenvalue weighted by molar-refractivity contribution is -0.138. The zero-order valence-electron chi connectivity index (χ0n) is 23.3. The number of anilines is 1. The molecule has 3 aliphatic rings. The van der Waals surface area contributed by atoms with E-state index in [-0.39, 0.29) is 12.4 Å². The molecule has 0 fully saturated rings. The molecular weight excluding hydrogens is 555 g/mol. The maximum Gasteiger partial charge on any atom is 0.417 e. The summed E-state index contributed by atoms with van der Waals surface area (Å²) in [6.45, 7) is 6.04. The highest BCUT2D eigenvalue weighted by Crippen LogP contribution is 2.60. The number of aryl methyl sites for hydroxylation is 1. The predicted octanol–water partition coefficient (Wildman–Crippen LogP) is 6.15. The van der Waals surface area contributed by atoms with Crippen molar-refractivity contribution in [2.24, 2.45) is 0 Å². The molecule has 218 valence electrons. The summed E-state index contributed by atoms with van der Waals surface area (Å²) in [5.74, 6) is -1.69. The molecular formula is C30H27F5N6O. The van der Waals surface area contributed by atoms with Gasteiger partial charge in [-0.2, -0.15) is 23.4 Å². The molecule has 12 heteroatoms. The second kappa shape index (κ2) is 8.73. The minimum Gasteiger partial charge on any atom is -0.365 e. The number of pyridine rings is 1. The topological polar surface area (TPSA) is 71.9 Å². The van der Waals surface area contributed by atoms with E-state index >= 15 is 8.78 Å². The van der Waals surface area contributed by atoms with Crippen LogP contribution in [0.1, 0.15) is 65.7 Å². The minimum absolute atomic E-state index is 0.128. The number of hydrogen-bond acceptors (Lipinski definition) is 5. The zero-order chi connectivity index (χ0) is 29.8. The van der Waals surface area contributed by atoms with Crippen LogP contribution in [0.5, 0.6) is 0 Å². The Labute approximate surface area is 238 Å². The van der Waals surface area contributed by atoms with E-state index in [1.54, 1.807) is 18.0 Å². The highest BCUT2D eigenvalue weighted by molar-refractivity contribution is 5.90. The van der Waals surface area contributed by atoms with Crippen LogP contribution >= 0.6 is 0 Å². The molecule has 1 aromatic carbocycles. The van der Waals surface area contributed by atoms with E-state index in [1.807, 2.05) is 36.7 Å². The monoisotopic (exact) mass is 582 g/mol. The van der Waals surface area contributed by atoms with E-state index in [9.17, 15) is 13.2 Å². The van der Waals surface area contributed by atoms with Crippen LogP contribution in [0.2, 0.25) is 0 Å². The van der Waals surface area contributed by atoms with Crippen molar-refractivity contribution in [3.8, 4) is 5.69 Å². The predicted molar refractivity (Wildman–Crippen MR) is 144 cm³/mol. The molecule has 0 saturated carbocycles. The van der Waals surface area contributed by atoms with Gasteiger partial charge in [0.1, 0.15) is 5.83 Å². The Bertz CT molecular complexity index is 1810. The van der Waals surface area contributed by atoms with Gasteiger partial charge in [-0.1, -0.05) is 25.1 Å². The van der Waals surface area contributed by atoms with Gasteiger partial charge in [0.05, 0.1) is 39.9 Å². The number of aromatic nitrogens is 5. The van der Waals surface area contributed by atoms with Crippen LogP contribution in [-0.2, 0) is 41.3 Å². The fraction of sp³-hybridized carbons (Fsp3) is 0.367. The van der Waals surface area contributed by atoms with E-state index in [0.717, 1.165) is 28.1 Å². The number of rotatable bonds is 3. The zero-order valence-corrected chi connectivity index (χ0v) is 23.3. The fourth-order valence-electron chi connectivity index (χ4n) is 6.93. The third-order valence-corrected chi connectivity index (χ3v) is 9.14. The smallest absolute Gasteiger partial charge is 0.365 e. The summed E-state index contributed by atoms with van der Waals surface area (Å²) in [4.78, 5) is 5.49. The summed E-state index contributed by atoms with van der Waals surface area (Å²) in [5, 5.41) is 12.3. The Morgan fingerprint density at radius 1 is 1.14 bits per heavy atom. The number of fused-ring (bicyclic) bond motifs is 10. The van der Waals surface area contributed by atoms with Gasteiger partial charge in [-0.3, -0.25) is 5.10 Å². The SMILES string of the molecule is CCc1cccc2c1-n1nc3c(c1C1(C)C2=C(F)C(C)(OC)c2[nH]ncc21)CN(c1ncc(C(F)(F)F)cc1F)CC3. The number of hydrogen-bond donors (Lipinski definition) is 1. The van der Waals surface area contributed by atoms with Crippen LogP contribution in [0.15, 0.2) is 42.5 Å². The molecule has 2 unspecified atom stereocenters. The average Bonchev–Trinajstić information content (AvgIpc) is 3.62. The van der Waals surface area contributed by atoms with Gasteiger partial charge in [0.15, 0.2) is 17.2 Å². The lowest BCUT2D eigenvalue weighted by Crippen LogP contribution is -2.44. The molecule has 7 nitrogen and oxygen atoms in total. The van der Waals surface area contributed by atoms with Crippen molar-refractivity contribution in [1.29, 1.82) is 0 Å². The number of aromatic amines is 1. The van der Waals surface area contributed by atoms with Crippen molar-refractivity contribution in [3.05, 3.63) is 93.2 Å². The molecule has 0 spiro atoms. The summed E-state index contributed by atoms with van der Waals surface area (Å²) in [6, 6.07) is 6.25. The van der Waals surface area contributed by atoms with E-state index in [0.29, 0.717) is 54.2 Å². The number of halogens is 5. The summed E-state index contributed by atoms with van der Waals surface area (Å²) >= 11 is 0. The van der Waals surface area contributed by atoms with Crippen molar-refractivity contribution in [2.45, 2.75) is 57.3 Å². The highest BCUT2D eigenvalue weighted by Gasteiger charge is 2.56. The van der Waals surface area contributed by atoms with Crippen LogP contribution in [0.3, 0.4) is 0 Å². The number of methoxy groups -OCH3 is 1. The van der Waals surface area contributed by atoms with E-state index in [4.69, 9.17) is 9.84 Å². The van der Waals surface area contributed by atoms with Gasteiger partial charge in [-0.15, -0.1) is 0 Å². The molecule has 4 aromatic rings. The number of allylic oxidation sites excluding steroid dienone is 1. The first-order valence-corrected chi connectivity index (χ1v) is 13.7. The first-order valence-electron chi connectivity index (χ1n) is 13.7. The molecule has 7 rings (SSSR count). The summed E-state index contributed by atoms with van der Waals surface area (Å²) in [5.41, 5.74) is 2.66. The molecule has 0 amide bonds. The number of alkyl halides is 3. The molecule has 0 saturated heterocycles. The third kappa shape index (κ3) is 3.32. The Morgan fingerprint density at radius 3 is 2.62 bits per heavy atom. The summed E-state index contributed by atoms with van der Waals surface area (Å²) < 4.78 is 79.3. The maximum atomic E-state index is 17.0. The Morgan fingerprint density at radius 2 is 1.93 bits per heavy atom. The lowest BCUT2D eigenvalue weighted by Gasteiger charge is -2.46. The molecule has 2 aliphatic heterocycles. The number of benzene rings is 1. The first kappa shape index (κ1) is 26.8. The first-order chi connectivity index (χ1) is 19.9. The largest absolute Gasteiger partial charge is 0.417 e. The van der Waals surface area contributed by atoms with E-state index in [2.05, 4.69) is 15.2 Å². The number of para-hydroxylation sites is 1. The van der Waals surface area contributed by atoms with Gasteiger partial charge in [-0.25, -0.2) is 18.4 Å². The molecule has 5 heterocycles. The standard InChI is InChI=1S/C30H27F5N6O/c1-5-15-7-6-8-17-22-24(32)29(3,42-4)25-19(13-37-38-25)28(22,2)26-18-14-40(10-9-21(18)39-41(26)23(15)17)27-20(31)11-16(12-36-27)30(33,34)35/h6-8,11-13H,5,9-10,14H2,1-4H3,(H,37,38). The second-order valence-electron chi connectivity index (χ2n) is 11.3. The average molecular weight is 583 g/mol. The van der Waals surface area contributed by atoms with Crippen LogP contribution in [-0.4, -0.2) is 38.6 Å². The number of ether oxygens (including phenoxy) is 1. The van der Waals surface area contributed by atoms with Crippen molar-refractivity contribution in [2.75, 3.05) is 18.6 Å². The van der Waals surface area contributed by atoms with Crippen molar-refractivity contribution < 1.29 is 26.7 Å². The van der Waals surface area contributed by atoms with Gasteiger partial charge in [0, 0.05) is 55.1 Å². The molecule has 0 bridgehead atoms. The molecule has 2 atom stereocenters. The summed E-state index contributed by atoms with van der Waals surface area (Å²) in [7, 11) is 1.45. The van der Waals surface area contributed by atoms with Gasteiger partial charge in [0.25, 0.3) is 0 Å². The number of nitrogens with zero attached hydrogens (tertiary/aromatic N) is 5. The fourth-order valence-corrected chi connectivity index (χ4v) is 6.93. The highest BCUT2D eigenvalue weighted by atomic mass is 19.4. The lowest BCUT2D eigenvalue weighted by atomic mass is 9.61. The van der Waals surface area contributed by atoms with Gasteiger partial charge in [0.2, 0.25) is 0 Å². The molecule has 0 radical (unpaired) electrons. The molecule has 1 N–H and O–H groups in total.